The van der Waals surface area contributed by atoms with Crippen LogP contribution in [-0.4, -0.2) is 41.5 Å². The van der Waals surface area contributed by atoms with Crippen LogP contribution in [0.15, 0.2) is 46.0 Å². The third kappa shape index (κ3) is 4.81. The van der Waals surface area contributed by atoms with Crippen LogP contribution < -0.4 is 16.0 Å². The van der Waals surface area contributed by atoms with E-state index in [9.17, 15) is 14.7 Å². The number of rotatable bonds is 9. The molecule has 3 heterocycles. The number of halogens is 1. The largest absolute Gasteiger partial charge is 0.474 e. The van der Waals surface area contributed by atoms with E-state index in [4.69, 9.17) is 21.3 Å². The van der Waals surface area contributed by atoms with Gasteiger partial charge in [0.25, 0.3) is 5.56 Å². The van der Waals surface area contributed by atoms with Crippen molar-refractivity contribution in [2.24, 2.45) is 0 Å². The Kier molecular flexibility index (Phi) is 7.17. The van der Waals surface area contributed by atoms with Crippen LogP contribution in [0.4, 0.5) is 0 Å². The topological polar surface area (TPSA) is 104 Å². The van der Waals surface area contributed by atoms with Crippen molar-refractivity contribution < 1.29 is 9.84 Å². The summed E-state index contributed by atoms with van der Waals surface area (Å²) in [5, 5.41) is 9.95. The molecule has 37 heavy (non-hydrogen) atoms. The van der Waals surface area contributed by atoms with Crippen LogP contribution in [0.25, 0.3) is 22.6 Å². The van der Waals surface area contributed by atoms with Crippen LogP contribution in [-0.2, 0) is 19.6 Å². The lowest BCUT2D eigenvalue weighted by Gasteiger charge is -2.25. The van der Waals surface area contributed by atoms with Gasteiger partial charge in [0, 0.05) is 42.9 Å². The third-order valence-electron chi connectivity index (χ3n) is 6.87. The second-order valence-electron chi connectivity index (χ2n) is 9.33. The average molecular weight is 524 g/mol. The van der Waals surface area contributed by atoms with Crippen LogP contribution in [0.5, 0.6) is 5.88 Å². The van der Waals surface area contributed by atoms with E-state index in [1.54, 1.807) is 12.1 Å². The SMILES string of the molecule is CCn1c(=O)n(CCCO)c(=O)c2c1nc(-c1ccc(OC3CCC3)nc1C)n2Cc1ccc(Cl)cc1. The fourth-order valence-corrected chi connectivity index (χ4v) is 4.76. The van der Waals surface area contributed by atoms with Gasteiger partial charge < -0.3 is 14.4 Å². The molecule has 1 aliphatic rings. The highest BCUT2D eigenvalue weighted by atomic mass is 35.5. The number of ether oxygens (including phenoxy) is 1. The monoisotopic (exact) mass is 523 g/mol. The number of hydrogen-bond donors (Lipinski definition) is 1. The van der Waals surface area contributed by atoms with Crippen LogP contribution in [0.3, 0.4) is 0 Å². The highest BCUT2D eigenvalue weighted by Crippen LogP contribution is 2.30. The second-order valence-corrected chi connectivity index (χ2v) is 9.77. The van der Waals surface area contributed by atoms with E-state index in [2.05, 4.69) is 4.98 Å². The summed E-state index contributed by atoms with van der Waals surface area (Å²) in [6, 6.07) is 11.2. The molecule has 10 heteroatoms. The minimum absolute atomic E-state index is 0.120. The second kappa shape index (κ2) is 10.5. The highest BCUT2D eigenvalue weighted by molar-refractivity contribution is 6.30. The molecule has 0 atom stereocenters. The zero-order valence-corrected chi connectivity index (χ0v) is 21.7. The zero-order chi connectivity index (χ0) is 26.1. The maximum absolute atomic E-state index is 13.7. The van der Waals surface area contributed by atoms with E-state index in [0.29, 0.717) is 47.4 Å². The molecule has 0 aliphatic heterocycles. The Bertz CT molecular complexity index is 1550. The lowest BCUT2D eigenvalue weighted by atomic mass is 9.96. The number of aliphatic hydroxyl groups is 1. The van der Waals surface area contributed by atoms with Crippen molar-refractivity contribution in [1.29, 1.82) is 0 Å². The van der Waals surface area contributed by atoms with Crippen LogP contribution in [0, 0.1) is 6.92 Å². The molecular formula is C27H30ClN5O4. The molecule has 0 amide bonds. The standard InChI is InChI=1S/C27H30ClN5O4/c1-3-31-25-23(26(35)32(27(31)36)14-5-15-34)33(16-18-8-10-19(28)11-9-18)24(30-25)21-12-13-22(29-17(21)2)37-20-6-4-7-20/h8-13,20,34H,3-7,14-16H2,1-2H3. The first kappa shape index (κ1) is 25.2. The van der Waals surface area contributed by atoms with Gasteiger partial charge in [-0.15, -0.1) is 0 Å². The van der Waals surface area contributed by atoms with Crippen molar-refractivity contribution in [3.05, 3.63) is 73.5 Å². The van der Waals surface area contributed by atoms with Crippen molar-refractivity contribution in [3.8, 4) is 17.3 Å². The number of imidazole rings is 1. The Balaban J connectivity index is 1.72. The molecular weight excluding hydrogens is 494 g/mol. The molecule has 194 valence electrons. The number of nitrogens with zero attached hydrogens (tertiary/aromatic N) is 5. The molecule has 0 unspecified atom stereocenters. The van der Waals surface area contributed by atoms with E-state index in [-0.39, 0.29) is 19.3 Å². The molecule has 1 fully saturated rings. The lowest BCUT2D eigenvalue weighted by Crippen LogP contribution is -2.40. The third-order valence-corrected chi connectivity index (χ3v) is 7.12. The Morgan fingerprint density at radius 2 is 1.81 bits per heavy atom. The number of aliphatic hydroxyl groups excluding tert-OH is 1. The van der Waals surface area contributed by atoms with Crippen LogP contribution in [0.2, 0.25) is 5.02 Å². The maximum atomic E-state index is 13.7. The van der Waals surface area contributed by atoms with Crippen LogP contribution in [0.1, 0.15) is 43.9 Å². The zero-order valence-electron chi connectivity index (χ0n) is 21.0. The summed E-state index contributed by atoms with van der Waals surface area (Å²) < 4.78 is 10.5. The molecule has 9 nitrogen and oxygen atoms in total. The molecule has 1 saturated carbocycles. The lowest BCUT2D eigenvalue weighted by molar-refractivity contribution is 0.114. The Hall–Kier alpha value is -3.43. The summed E-state index contributed by atoms with van der Waals surface area (Å²) in [6.07, 6.45) is 3.76. The summed E-state index contributed by atoms with van der Waals surface area (Å²) in [7, 11) is 0. The number of aryl methyl sites for hydroxylation is 2. The molecule has 0 saturated heterocycles. The molecule has 4 aromatic rings. The summed E-state index contributed by atoms with van der Waals surface area (Å²) in [4.78, 5) is 36.4. The van der Waals surface area contributed by atoms with E-state index < -0.39 is 11.2 Å². The van der Waals surface area contributed by atoms with Gasteiger partial charge >= 0.3 is 5.69 Å². The first-order valence-electron chi connectivity index (χ1n) is 12.6. The van der Waals surface area contributed by atoms with Crippen LogP contribution >= 0.6 is 11.6 Å². The minimum atomic E-state index is -0.435. The molecule has 3 aromatic heterocycles. The van der Waals surface area contributed by atoms with E-state index in [1.165, 1.54) is 15.6 Å². The Labute approximate surface area is 218 Å². The van der Waals surface area contributed by atoms with Gasteiger partial charge in [0.1, 0.15) is 11.9 Å². The Morgan fingerprint density at radius 3 is 2.43 bits per heavy atom. The van der Waals surface area contributed by atoms with Crippen molar-refractivity contribution in [2.75, 3.05) is 6.61 Å². The molecule has 5 rings (SSSR count). The highest BCUT2D eigenvalue weighted by Gasteiger charge is 2.24. The van der Waals surface area contributed by atoms with E-state index in [0.717, 1.165) is 29.7 Å². The number of hydrogen-bond acceptors (Lipinski definition) is 6. The first-order valence-corrected chi connectivity index (χ1v) is 13.0. The molecule has 1 aliphatic carbocycles. The fourth-order valence-electron chi connectivity index (χ4n) is 4.63. The molecule has 0 bridgehead atoms. The Morgan fingerprint density at radius 1 is 1.05 bits per heavy atom. The quantitative estimate of drug-likeness (QED) is 0.358. The van der Waals surface area contributed by atoms with Gasteiger partial charge in [-0.3, -0.25) is 13.9 Å². The van der Waals surface area contributed by atoms with Gasteiger partial charge in [0.05, 0.1) is 5.69 Å². The molecule has 1 aromatic carbocycles. The predicted molar refractivity (Wildman–Crippen MR) is 142 cm³/mol. The number of benzene rings is 1. The number of aromatic nitrogens is 5. The average Bonchev–Trinajstić information content (AvgIpc) is 3.22. The fraction of sp³-hybridized carbons (Fsp3) is 0.407. The van der Waals surface area contributed by atoms with Gasteiger partial charge in [-0.05, 0) is 63.3 Å². The van der Waals surface area contributed by atoms with Gasteiger partial charge in [0.2, 0.25) is 5.88 Å². The number of fused-ring (bicyclic) bond motifs is 1. The number of pyridine rings is 1. The van der Waals surface area contributed by atoms with E-state index >= 15 is 0 Å². The molecule has 1 N–H and O–H groups in total. The maximum Gasteiger partial charge on any atom is 0.332 e. The molecule has 0 radical (unpaired) electrons. The normalized spacial score (nSPS) is 13.7. The van der Waals surface area contributed by atoms with E-state index in [1.807, 2.05) is 42.7 Å². The van der Waals surface area contributed by atoms with Crippen molar-refractivity contribution in [2.45, 2.75) is 65.3 Å². The smallest absolute Gasteiger partial charge is 0.332 e. The van der Waals surface area contributed by atoms with Crippen molar-refractivity contribution in [3.63, 3.8) is 0 Å². The summed E-state index contributed by atoms with van der Waals surface area (Å²) in [5.74, 6) is 1.12. The summed E-state index contributed by atoms with van der Waals surface area (Å²) >= 11 is 6.10. The van der Waals surface area contributed by atoms with Crippen molar-refractivity contribution in [1.82, 2.24) is 23.7 Å². The first-order chi connectivity index (χ1) is 17.9. The predicted octanol–water partition coefficient (Wildman–Crippen LogP) is 3.77. The van der Waals surface area contributed by atoms with Gasteiger partial charge in [-0.1, -0.05) is 23.7 Å². The minimum Gasteiger partial charge on any atom is -0.474 e. The molecule has 0 spiro atoms. The van der Waals surface area contributed by atoms with Gasteiger partial charge in [-0.2, -0.15) is 0 Å². The summed E-state index contributed by atoms with van der Waals surface area (Å²) in [5.41, 5.74) is 2.19. The van der Waals surface area contributed by atoms with Gasteiger partial charge in [0.15, 0.2) is 11.2 Å². The van der Waals surface area contributed by atoms with Crippen molar-refractivity contribution >= 4 is 22.8 Å². The van der Waals surface area contributed by atoms with Gasteiger partial charge in [-0.25, -0.2) is 14.8 Å². The summed E-state index contributed by atoms with van der Waals surface area (Å²) in [6.45, 7) is 4.43.